The summed E-state index contributed by atoms with van der Waals surface area (Å²) in [5.74, 6) is -0.996. The molecule has 3 aliphatic rings. The summed E-state index contributed by atoms with van der Waals surface area (Å²) in [6.45, 7) is 12.7. The minimum absolute atomic E-state index is 0.0612. The van der Waals surface area contributed by atoms with Gasteiger partial charge in [0.05, 0.1) is 25.3 Å². The van der Waals surface area contributed by atoms with Crippen LogP contribution in [-0.4, -0.2) is 120 Å². The quantitative estimate of drug-likeness (QED) is 0.0961. The van der Waals surface area contributed by atoms with Crippen LogP contribution < -0.4 is 15.0 Å². The molecule has 4 rings (SSSR count). The number of nitrogens with one attached hydrogen (secondary N) is 1. The highest BCUT2D eigenvalue weighted by atomic mass is 35.5. The third-order valence-electron chi connectivity index (χ3n) is 11.3. The summed E-state index contributed by atoms with van der Waals surface area (Å²) < 4.78 is 29.2. The van der Waals surface area contributed by atoms with Crippen LogP contribution in [0.1, 0.15) is 86.1 Å². The maximum absolute atomic E-state index is 14.2. The van der Waals surface area contributed by atoms with Gasteiger partial charge in [-0.2, -0.15) is 0 Å². The zero-order chi connectivity index (χ0) is 44.0. The van der Waals surface area contributed by atoms with E-state index in [0.717, 1.165) is 17.6 Å². The number of rotatable bonds is 13. The number of aliphatic hydroxyl groups is 1. The molecule has 0 aliphatic carbocycles. The summed E-state index contributed by atoms with van der Waals surface area (Å²) in [5.41, 5.74) is -0.972. The topological polar surface area (TPSA) is 174 Å². The Labute approximate surface area is 360 Å². The molecule has 0 saturated carbocycles. The molecule has 1 aromatic carbocycles. The Bertz CT molecular complexity index is 1810. The van der Waals surface area contributed by atoms with E-state index < -0.39 is 65.7 Å². The monoisotopic (exact) mass is 881 g/mol. The van der Waals surface area contributed by atoms with Crippen molar-refractivity contribution in [2.75, 3.05) is 39.0 Å². The van der Waals surface area contributed by atoms with Crippen molar-refractivity contribution in [3.63, 3.8) is 0 Å². The summed E-state index contributed by atoms with van der Waals surface area (Å²) >= 11 is 6.79. The van der Waals surface area contributed by atoms with E-state index in [9.17, 15) is 29.1 Å². The highest BCUT2D eigenvalue weighted by Gasteiger charge is 2.64. The molecule has 2 N–H and O–H groups in total. The first-order valence-electron chi connectivity index (χ1n) is 19.7. The van der Waals surface area contributed by atoms with Crippen LogP contribution in [0.15, 0.2) is 35.9 Å². The standard InChI is InChI=1S/C42H60ClN3O11S2/c1-24-13-12-14-32(54-11)42(52)23-31(55-39(51)44-42)26(3)37-41(7,57-37)33(22-35(49)46(9)29-20-28(19-24)21-30(53-10)36(29)43)56-38(50)27(4)45(8)34(48)16-18-58-59-40(5,6)17-15-25(2)47/h12-14,20-21,26-27,31-33,37,52H,15-19,22-23H2,1-11H3,(H,44,51)/b14-12+,24-13+/t26-,27+,31+,32-,33+,37+,41+,42+/m1/s1. The van der Waals surface area contributed by atoms with E-state index in [1.807, 2.05) is 13.0 Å². The molecule has 328 valence electrons. The van der Waals surface area contributed by atoms with Gasteiger partial charge in [0.15, 0.2) is 5.72 Å². The van der Waals surface area contributed by atoms with Crippen molar-refractivity contribution in [1.29, 1.82) is 0 Å². The maximum atomic E-state index is 14.2. The number of methoxy groups -OCH3 is 2. The average molecular weight is 883 g/mol. The van der Waals surface area contributed by atoms with Gasteiger partial charge in [0.25, 0.3) is 0 Å². The largest absolute Gasteiger partial charge is 0.495 e. The molecule has 3 amide bonds. The highest BCUT2D eigenvalue weighted by molar-refractivity contribution is 8.77. The van der Waals surface area contributed by atoms with Crippen LogP contribution in [0.3, 0.4) is 0 Å². The van der Waals surface area contributed by atoms with Crippen LogP contribution in [0.2, 0.25) is 5.02 Å². The van der Waals surface area contributed by atoms with Crippen molar-refractivity contribution in [3.05, 3.63) is 46.5 Å². The van der Waals surface area contributed by atoms with E-state index in [0.29, 0.717) is 30.0 Å². The normalized spacial score (nSPS) is 29.5. The fraction of sp³-hybridized carbons (Fsp3) is 0.643. The molecule has 0 spiro atoms. The van der Waals surface area contributed by atoms with Crippen molar-refractivity contribution in [2.24, 2.45) is 5.92 Å². The molecule has 8 atom stereocenters. The number of carbonyl (C=O) groups excluding carboxylic acids is 5. The maximum Gasteiger partial charge on any atom is 0.409 e. The van der Waals surface area contributed by atoms with Crippen LogP contribution in [0.25, 0.3) is 0 Å². The Balaban J connectivity index is 1.62. The van der Waals surface area contributed by atoms with Gasteiger partial charge in [0.1, 0.15) is 46.5 Å². The number of Topliss-reactive ketones (excluding diaryl/α,β-unsaturated/α-hetero) is 1. The average Bonchev–Trinajstić information content (AvgIpc) is 3.87. The fourth-order valence-corrected chi connectivity index (χ4v) is 10.1. The number of epoxide rings is 1. The Morgan fingerprint density at radius 3 is 2.54 bits per heavy atom. The van der Waals surface area contributed by atoms with Gasteiger partial charge in [-0.05, 0) is 72.1 Å². The lowest BCUT2D eigenvalue weighted by atomic mass is 9.83. The molecule has 0 aromatic heterocycles. The van der Waals surface area contributed by atoms with Crippen LogP contribution in [0.5, 0.6) is 5.75 Å². The smallest absolute Gasteiger partial charge is 0.409 e. The van der Waals surface area contributed by atoms with Gasteiger partial charge in [-0.3, -0.25) is 14.9 Å². The first kappa shape index (κ1) is 48.4. The van der Waals surface area contributed by atoms with Crippen LogP contribution in [0.4, 0.5) is 10.5 Å². The molecule has 2 saturated heterocycles. The van der Waals surface area contributed by atoms with E-state index in [-0.39, 0.29) is 40.7 Å². The summed E-state index contributed by atoms with van der Waals surface area (Å²) in [4.78, 5) is 68.5. The lowest BCUT2D eigenvalue weighted by Gasteiger charge is -2.42. The second-order valence-corrected chi connectivity index (χ2v) is 20.0. The number of benzene rings is 1. The number of ether oxygens (including phenoxy) is 5. The summed E-state index contributed by atoms with van der Waals surface area (Å²) in [5, 5.41) is 14.5. The van der Waals surface area contributed by atoms with Crippen molar-refractivity contribution < 1.29 is 52.8 Å². The van der Waals surface area contributed by atoms with Gasteiger partial charge in [0, 0.05) is 56.9 Å². The molecule has 3 aliphatic heterocycles. The number of carbonyl (C=O) groups is 5. The molecular weight excluding hydrogens is 822 g/mol. The van der Waals surface area contributed by atoms with Gasteiger partial charge < -0.3 is 43.4 Å². The number of hydrogen-bond acceptors (Lipinski definition) is 13. The number of ketones is 1. The van der Waals surface area contributed by atoms with Crippen molar-refractivity contribution in [1.82, 2.24) is 10.2 Å². The second kappa shape index (κ2) is 20.1. The molecule has 2 fully saturated rings. The van der Waals surface area contributed by atoms with E-state index in [4.69, 9.17) is 35.3 Å². The third-order valence-corrected chi connectivity index (χ3v) is 15.0. The molecule has 0 unspecified atom stereocenters. The van der Waals surface area contributed by atoms with Gasteiger partial charge in [0.2, 0.25) is 11.8 Å². The number of allylic oxidation sites excluding steroid dienone is 3. The minimum Gasteiger partial charge on any atom is -0.495 e. The van der Waals surface area contributed by atoms with Crippen LogP contribution >= 0.6 is 33.2 Å². The summed E-state index contributed by atoms with van der Waals surface area (Å²) in [7, 11) is 9.18. The first-order valence-corrected chi connectivity index (χ1v) is 22.4. The molecule has 3 heterocycles. The Morgan fingerprint density at radius 1 is 1.20 bits per heavy atom. The van der Waals surface area contributed by atoms with E-state index >= 15 is 0 Å². The van der Waals surface area contributed by atoms with Crippen molar-refractivity contribution in [2.45, 2.75) is 134 Å². The number of anilines is 1. The van der Waals surface area contributed by atoms with Gasteiger partial charge in [-0.1, -0.05) is 63.9 Å². The zero-order valence-electron chi connectivity index (χ0n) is 35.9. The Hall–Kier alpha value is -3.28. The number of hydrogen-bond donors (Lipinski definition) is 2. The highest BCUT2D eigenvalue weighted by Crippen LogP contribution is 2.49. The lowest BCUT2D eigenvalue weighted by molar-refractivity contribution is -0.162. The molecule has 4 bridgehead atoms. The number of esters is 1. The van der Waals surface area contributed by atoms with Gasteiger partial charge in [-0.25, -0.2) is 9.59 Å². The van der Waals surface area contributed by atoms with Crippen molar-refractivity contribution in [3.8, 4) is 5.75 Å². The summed E-state index contributed by atoms with van der Waals surface area (Å²) in [6.07, 6.45) is 2.20. The predicted molar refractivity (Wildman–Crippen MR) is 230 cm³/mol. The summed E-state index contributed by atoms with van der Waals surface area (Å²) in [6, 6.07) is 2.57. The predicted octanol–water partition coefficient (Wildman–Crippen LogP) is 6.43. The van der Waals surface area contributed by atoms with Gasteiger partial charge >= 0.3 is 12.1 Å². The second-order valence-electron chi connectivity index (χ2n) is 16.5. The van der Waals surface area contributed by atoms with E-state index in [2.05, 4.69) is 19.2 Å². The van der Waals surface area contributed by atoms with Crippen LogP contribution in [-0.2, 0) is 44.5 Å². The van der Waals surface area contributed by atoms with Gasteiger partial charge in [-0.15, -0.1) is 0 Å². The van der Waals surface area contributed by atoms with Crippen molar-refractivity contribution >= 4 is 68.5 Å². The molecular formula is C42H60ClN3O11S2. The first-order chi connectivity index (χ1) is 27.5. The molecule has 59 heavy (non-hydrogen) atoms. The number of alkyl carbamates (subject to hydrolysis) is 1. The zero-order valence-corrected chi connectivity index (χ0v) is 38.3. The number of nitrogens with zero attached hydrogens (tertiary/aromatic N) is 2. The third kappa shape index (κ3) is 12.2. The molecule has 1 aromatic rings. The Kier molecular flexibility index (Phi) is 16.5. The number of fused-ring (bicyclic) bond motifs is 5. The van der Waals surface area contributed by atoms with E-state index in [1.54, 1.807) is 69.8 Å². The molecule has 14 nitrogen and oxygen atoms in total. The minimum atomic E-state index is -1.84. The SMILES string of the molecule is COc1cc2cc(c1Cl)N(C)C(=O)C[C@H](OC(=O)[C@H](C)N(C)C(=O)CCSSC(C)(C)CCC(C)=O)[C@]1(C)O[C@H]1[C@H](C)[C@@H]1C[C@@](O)(NC(=O)O1)[C@H](OC)/C=C/C=C(\C)C2. The number of amides is 3. The molecule has 0 radical (unpaired) electrons. The number of halogens is 1. The lowest BCUT2D eigenvalue weighted by Crippen LogP contribution is -2.63. The van der Waals surface area contributed by atoms with Crippen LogP contribution in [0, 0.1) is 5.92 Å². The fourth-order valence-electron chi connectivity index (χ4n) is 7.24. The van der Waals surface area contributed by atoms with E-state index in [1.165, 1.54) is 41.9 Å². The number of likely N-dealkylation sites (N-methyl/N-ethyl adjacent to an activating group) is 1. The Morgan fingerprint density at radius 2 is 1.90 bits per heavy atom. The molecule has 17 heteroatoms.